The van der Waals surface area contributed by atoms with Crippen LogP contribution in [0.1, 0.15) is 28.9 Å². The maximum atomic E-state index is 12.3. The minimum atomic E-state index is -0.167. The number of nitrogens with one attached hydrogen (secondary N) is 2. The lowest BCUT2D eigenvalue weighted by Crippen LogP contribution is -2.29. The normalized spacial score (nSPS) is 15.6. The summed E-state index contributed by atoms with van der Waals surface area (Å²) in [6.07, 6.45) is 0. The zero-order valence-corrected chi connectivity index (χ0v) is 12.1. The lowest BCUT2D eigenvalue weighted by molar-refractivity contribution is -0.114. The van der Waals surface area contributed by atoms with Gasteiger partial charge in [0.05, 0.1) is 6.04 Å². The van der Waals surface area contributed by atoms with E-state index in [0.717, 1.165) is 11.3 Å². The second-order valence-electron chi connectivity index (χ2n) is 5.13. The van der Waals surface area contributed by atoms with E-state index in [2.05, 4.69) is 10.6 Å². The van der Waals surface area contributed by atoms with Crippen LogP contribution in [0.15, 0.2) is 48.5 Å². The summed E-state index contributed by atoms with van der Waals surface area (Å²) in [5, 5.41) is 5.63. The van der Waals surface area contributed by atoms with Crippen LogP contribution in [-0.4, -0.2) is 18.4 Å². The van der Waals surface area contributed by atoms with Crippen LogP contribution >= 0.6 is 0 Å². The summed E-state index contributed by atoms with van der Waals surface area (Å²) in [4.78, 5) is 23.3. The maximum absolute atomic E-state index is 12.3. The topological polar surface area (TPSA) is 67.4 Å². The Labute approximate surface area is 128 Å². The number of fused-ring (bicyclic) bond motifs is 1. The van der Waals surface area contributed by atoms with Crippen LogP contribution in [0.2, 0.25) is 0 Å². The Morgan fingerprint density at radius 3 is 2.55 bits per heavy atom. The fourth-order valence-electron chi connectivity index (χ4n) is 2.43. The van der Waals surface area contributed by atoms with E-state index in [1.54, 1.807) is 24.3 Å². The Balaban J connectivity index is 1.69. The second-order valence-corrected chi connectivity index (χ2v) is 5.13. The Morgan fingerprint density at radius 1 is 1.09 bits per heavy atom. The fraction of sp³-hybridized carbons (Fsp3) is 0.176. The second kappa shape index (κ2) is 5.89. The van der Waals surface area contributed by atoms with Crippen molar-refractivity contribution in [1.29, 1.82) is 0 Å². The first-order valence-electron chi connectivity index (χ1n) is 7.04. The Hall–Kier alpha value is -2.82. The monoisotopic (exact) mass is 296 g/mol. The van der Waals surface area contributed by atoms with Crippen molar-refractivity contribution >= 4 is 17.5 Å². The van der Waals surface area contributed by atoms with Crippen LogP contribution in [0.25, 0.3) is 0 Å². The molecule has 0 radical (unpaired) electrons. The molecule has 0 saturated carbocycles. The third-order valence-electron chi connectivity index (χ3n) is 3.47. The number of amides is 2. The summed E-state index contributed by atoms with van der Waals surface area (Å²) in [7, 11) is 0. The zero-order chi connectivity index (χ0) is 15.5. The highest BCUT2D eigenvalue weighted by Gasteiger charge is 2.25. The number of hydrogen-bond donors (Lipinski definition) is 2. The van der Waals surface area contributed by atoms with Crippen LogP contribution in [0.4, 0.5) is 5.69 Å². The smallest absolute Gasteiger partial charge is 0.251 e. The first-order valence-corrected chi connectivity index (χ1v) is 7.04. The van der Waals surface area contributed by atoms with Crippen molar-refractivity contribution in [1.82, 2.24) is 5.32 Å². The van der Waals surface area contributed by atoms with Gasteiger partial charge in [0.2, 0.25) is 5.91 Å². The van der Waals surface area contributed by atoms with E-state index in [4.69, 9.17) is 4.74 Å². The molecular weight excluding hydrogens is 280 g/mol. The summed E-state index contributed by atoms with van der Waals surface area (Å²) >= 11 is 0. The van der Waals surface area contributed by atoms with Gasteiger partial charge in [0, 0.05) is 23.7 Å². The molecule has 112 valence electrons. The molecule has 2 aromatic rings. The molecule has 2 amide bonds. The predicted molar refractivity (Wildman–Crippen MR) is 82.9 cm³/mol. The van der Waals surface area contributed by atoms with Crippen LogP contribution in [0.5, 0.6) is 5.75 Å². The van der Waals surface area contributed by atoms with E-state index in [1.165, 1.54) is 6.92 Å². The number of carbonyl (C=O) groups is 2. The van der Waals surface area contributed by atoms with Crippen molar-refractivity contribution < 1.29 is 14.3 Å². The largest absolute Gasteiger partial charge is 0.491 e. The van der Waals surface area contributed by atoms with Crippen molar-refractivity contribution in [3.05, 3.63) is 59.7 Å². The van der Waals surface area contributed by atoms with Gasteiger partial charge < -0.3 is 15.4 Å². The van der Waals surface area contributed by atoms with Gasteiger partial charge in [0.15, 0.2) is 0 Å². The Morgan fingerprint density at radius 2 is 1.82 bits per heavy atom. The maximum Gasteiger partial charge on any atom is 0.251 e. The van der Waals surface area contributed by atoms with Gasteiger partial charge >= 0.3 is 0 Å². The summed E-state index contributed by atoms with van der Waals surface area (Å²) in [5.41, 5.74) is 2.20. The van der Waals surface area contributed by atoms with Crippen LogP contribution in [-0.2, 0) is 4.79 Å². The van der Waals surface area contributed by atoms with Gasteiger partial charge in [-0.2, -0.15) is 0 Å². The summed E-state index contributed by atoms with van der Waals surface area (Å²) in [6, 6.07) is 14.3. The number of benzene rings is 2. The molecule has 0 aromatic heterocycles. The van der Waals surface area contributed by atoms with Crippen molar-refractivity contribution in [3.63, 3.8) is 0 Å². The molecule has 0 saturated heterocycles. The number of hydrogen-bond acceptors (Lipinski definition) is 3. The van der Waals surface area contributed by atoms with Gasteiger partial charge in [0.25, 0.3) is 5.91 Å². The van der Waals surface area contributed by atoms with E-state index in [0.29, 0.717) is 17.9 Å². The number of anilines is 1. The van der Waals surface area contributed by atoms with E-state index < -0.39 is 0 Å². The number of ether oxygens (including phenoxy) is 1. The highest BCUT2D eigenvalue weighted by molar-refractivity contribution is 5.95. The van der Waals surface area contributed by atoms with Crippen molar-refractivity contribution in [2.24, 2.45) is 0 Å². The third kappa shape index (κ3) is 2.93. The highest BCUT2D eigenvalue weighted by Crippen LogP contribution is 2.31. The average Bonchev–Trinajstić information content (AvgIpc) is 2.91. The Kier molecular flexibility index (Phi) is 3.78. The van der Waals surface area contributed by atoms with Gasteiger partial charge in [-0.1, -0.05) is 18.2 Å². The molecule has 22 heavy (non-hydrogen) atoms. The third-order valence-corrected chi connectivity index (χ3v) is 3.47. The minimum Gasteiger partial charge on any atom is -0.491 e. The molecule has 1 aliphatic heterocycles. The van der Waals surface area contributed by atoms with E-state index >= 15 is 0 Å². The van der Waals surface area contributed by atoms with Crippen LogP contribution < -0.4 is 15.4 Å². The van der Waals surface area contributed by atoms with E-state index in [1.807, 2.05) is 24.3 Å². The van der Waals surface area contributed by atoms with Crippen LogP contribution in [0.3, 0.4) is 0 Å². The molecule has 1 aliphatic rings. The molecule has 5 heteroatoms. The zero-order valence-electron chi connectivity index (χ0n) is 12.1. The molecule has 0 bridgehead atoms. The van der Waals surface area contributed by atoms with Gasteiger partial charge in [-0.15, -0.1) is 0 Å². The minimum absolute atomic E-state index is 0.140. The lowest BCUT2D eigenvalue weighted by Gasteiger charge is -2.12. The molecule has 2 aromatic carbocycles. The van der Waals surface area contributed by atoms with Crippen molar-refractivity contribution in [3.8, 4) is 5.75 Å². The molecular formula is C17H16N2O3. The lowest BCUT2D eigenvalue weighted by atomic mass is 10.1. The first-order chi connectivity index (χ1) is 10.6. The van der Waals surface area contributed by atoms with Gasteiger partial charge in [-0.25, -0.2) is 0 Å². The van der Waals surface area contributed by atoms with E-state index in [9.17, 15) is 9.59 Å². The molecule has 5 nitrogen and oxygen atoms in total. The average molecular weight is 296 g/mol. The number of carbonyl (C=O) groups excluding carboxylic acids is 2. The SMILES string of the molecule is CC(=O)Nc1ccc(C(=O)NC2COc3ccccc32)cc1. The first kappa shape index (κ1) is 14.1. The van der Waals surface area contributed by atoms with Crippen molar-refractivity contribution in [2.45, 2.75) is 13.0 Å². The van der Waals surface area contributed by atoms with E-state index in [-0.39, 0.29) is 17.9 Å². The van der Waals surface area contributed by atoms with Crippen LogP contribution in [0, 0.1) is 0 Å². The number of rotatable bonds is 3. The van der Waals surface area contributed by atoms with Gasteiger partial charge in [-0.3, -0.25) is 9.59 Å². The standard InChI is InChI=1S/C17H16N2O3/c1-11(20)18-13-8-6-12(7-9-13)17(21)19-15-10-22-16-5-3-2-4-14(15)16/h2-9,15H,10H2,1H3,(H,18,20)(H,19,21). The molecule has 0 spiro atoms. The summed E-state index contributed by atoms with van der Waals surface area (Å²) < 4.78 is 5.55. The molecule has 3 rings (SSSR count). The molecule has 0 aliphatic carbocycles. The molecule has 0 fully saturated rings. The Bertz CT molecular complexity index is 710. The summed E-state index contributed by atoms with van der Waals surface area (Å²) in [5.74, 6) is 0.505. The van der Waals surface area contributed by atoms with Crippen molar-refractivity contribution in [2.75, 3.05) is 11.9 Å². The molecule has 1 atom stereocenters. The fourth-order valence-corrected chi connectivity index (χ4v) is 2.43. The van der Waals surface area contributed by atoms with Gasteiger partial charge in [-0.05, 0) is 30.3 Å². The molecule has 2 N–H and O–H groups in total. The molecule has 1 unspecified atom stereocenters. The molecule has 1 heterocycles. The highest BCUT2D eigenvalue weighted by atomic mass is 16.5. The predicted octanol–water partition coefficient (Wildman–Crippen LogP) is 2.51. The number of para-hydroxylation sites is 1. The van der Waals surface area contributed by atoms with Gasteiger partial charge in [0.1, 0.15) is 12.4 Å². The summed E-state index contributed by atoms with van der Waals surface area (Å²) in [6.45, 7) is 1.88. The quantitative estimate of drug-likeness (QED) is 0.914.